The van der Waals surface area contributed by atoms with Gasteiger partial charge >= 0.3 is 0 Å². The summed E-state index contributed by atoms with van der Waals surface area (Å²) in [7, 11) is 0. The van der Waals surface area contributed by atoms with Crippen LogP contribution >= 0.6 is 23.4 Å². The van der Waals surface area contributed by atoms with E-state index in [1.54, 1.807) is 6.20 Å². The van der Waals surface area contributed by atoms with Crippen LogP contribution in [-0.4, -0.2) is 42.6 Å². The molecule has 8 nitrogen and oxygen atoms in total. The Bertz CT molecular complexity index is 1360. The first-order chi connectivity index (χ1) is 16.6. The van der Waals surface area contributed by atoms with Crippen molar-refractivity contribution >= 4 is 46.5 Å². The lowest BCUT2D eigenvalue weighted by Crippen LogP contribution is -2.20. The Balaban J connectivity index is 1.16. The highest BCUT2D eigenvalue weighted by molar-refractivity contribution is 7.99. The Morgan fingerprint density at radius 1 is 1.18 bits per heavy atom. The molecule has 4 aromatic rings. The standard InChI is InChI=1S/C24H22ClN7OS/c1-2-32-23(19-11-18(19)15-7-9-16(25)10-8-15)30-31-24(32)34-14-22(33)29-27-13-17-12-26-20-5-3-4-6-21(20)28-17/h3-10,12-13,18-19H,2,11,14H2,1H3,(H,29,33)/b27-13-/t18-,19+/m0/s1. The van der Waals surface area contributed by atoms with E-state index in [0.29, 0.717) is 17.5 Å². The number of benzene rings is 2. The highest BCUT2D eigenvalue weighted by Gasteiger charge is 2.43. The number of para-hydroxylation sites is 2. The third-order valence-corrected chi connectivity index (χ3v) is 6.89. The quantitative estimate of drug-likeness (QED) is 0.223. The van der Waals surface area contributed by atoms with Gasteiger partial charge in [-0.15, -0.1) is 10.2 Å². The van der Waals surface area contributed by atoms with Crippen molar-refractivity contribution in [2.45, 2.75) is 36.9 Å². The molecule has 1 aliphatic rings. The maximum Gasteiger partial charge on any atom is 0.250 e. The van der Waals surface area contributed by atoms with Gasteiger partial charge < -0.3 is 4.57 Å². The first-order valence-corrected chi connectivity index (χ1v) is 12.3. The van der Waals surface area contributed by atoms with Gasteiger partial charge in [-0.05, 0) is 49.1 Å². The molecule has 2 atom stereocenters. The number of fused-ring (bicyclic) bond motifs is 1. The van der Waals surface area contributed by atoms with Crippen LogP contribution in [0.25, 0.3) is 11.0 Å². The van der Waals surface area contributed by atoms with Gasteiger partial charge in [-0.1, -0.05) is 47.6 Å². The Morgan fingerprint density at radius 2 is 1.97 bits per heavy atom. The molecule has 10 heteroatoms. The zero-order chi connectivity index (χ0) is 23.5. The number of rotatable bonds is 8. The van der Waals surface area contributed by atoms with E-state index in [-0.39, 0.29) is 11.7 Å². The van der Waals surface area contributed by atoms with Gasteiger partial charge in [-0.2, -0.15) is 5.10 Å². The molecule has 0 unspecified atom stereocenters. The Morgan fingerprint density at radius 3 is 2.76 bits per heavy atom. The summed E-state index contributed by atoms with van der Waals surface area (Å²) in [6.07, 6.45) is 4.14. The number of thioether (sulfide) groups is 1. The van der Waals surface area contributed by atoms with Crippen LogP contribution in [0.15, 0.2) is 65.0 Å². The van der Waals surface area contributed by atoms with Gasteiger partial charge in [-0.25, -0.2) is 10.4 Å². The number of amides is 1. The van der Waals surface area contributed by atoms with E-state index in [0.717, 1.165) is 40.0 Å². The highest BCUT2D eigenvalue weighted by atomic mass is 35.5. The molecule has 0 aliphatic heterocycles. The molecule has 0 bridgehead atoms. The third kappa shape index (κ3) is 4.95. The van der Waals surface area contributed by atoms with Crippen molar-refractivity contribution in [1.82, 2.24) is 30.2 Å². The maximum atomic E-state index is 12.3. The summed E-state index contributed by atoms with van der Waals surface area (Å²) in [5.41, 5.74) is 5.96. The fourth-order valence-corrected chi connectivity index (χ4v) is 4.83. The number of halogens is 1. The average Bonchev–Trinajstić information content (AvgIpc) is 3.54. The van der Waals surface area contributed by atoms with Gasteiger partial charge in [0.05, 0.1) is 29.2 Å². The van der Waals surface area contributed by atoms with Crippen molar-refractivity contribution in [3.63, 3.8) is 0 Å². The number of nitrogens with zero attached hydrogens (tertiary/aromatic N) is 6. The van der Waals surface area contributed by atoms with Crippen LogP contribution in [0.4, 0.5) is 0 Å². The second kappa shape index (κ2) is 9.90. The van der Waals surface area contributed by atoms with Crippen LogP contribution in [-0.2, 0) is 11.3 Å². The molecule has 172 valence electrons. The first-order valence-electron chi connectivity index (χ1n) is 11.0. The molecule has 1 amide bonds. The zero-order valence-corrected chi connectivity index (χ0v) is 20.0. The van der Waals surface area contributed by atoms with Gasteiger partial charge in [0.1, 0.15) is 11.5 Å². The summed E-state index contributed by atoms with van der Waals surface area (Å²) < 4.78 is 2.09. The number of nitrogens with one attached hydrogen (secondary N) is 1. The molecule has 1 saturated carbocycles. The second-order valence-electron chi connectivity index (χ2n) is 7.95. The van der Waals surface area contributed by atoms with E-state index in [1.807, 2.05) is 36.4 Å². The third-order valence-electron chi connectivity index (χ3n) is 5.67. The van der Waals surface area contributed by atoms with Crippen molar-refractivity contribution in [3.05, 3.63) is 76.8 Å². The number of hydrogen-bond donors (Lipinski definition) is 1. The number of carbonyl (C=O) groups excluding carboxylic acids is 1. The van der Waals surface area contributed by atoms with Crippen molar-refractivity contribution < 1.29 is 4.79 Å². The fraction of sp³-hybridized carbons (Fsp3) is 0.250. The molecule has 5 rings (SSSR count). The molecule has 0 spiro atoms. The van der Waals surface area contributed by atoms with Crippen LogP contribution in [0, 0.1) is 0 Å². The van der Waals surface area contributed by atoms with Gasteiger partial charge in [-0.3, -0.25) is 9.78 Å². The molecule has 34 heavy (non-hydrogen) atoms. The Labute approximate surface area is 205 Å². The molecule has 1 fully saturated rings. The van der Waals surface area contributed by atoms with Crippen molar-refractivity contribution in [1.29, 1.82) is 0 Å². The summed E-state index contributed by atoms with van der Waals surface area (Å²) in [5.74, 6) is 1.69. The van der Waals surface area contributed by atoms with Crippen LogP contribution in [0.3, 0.4) is 0 Å². The predicted octanol–water partition coefficient (Wildman–Crippen LogP) is 4.41. The fourth-order valence-electron chi connectivity index (χ4n) is 3.90. The highest BCUT2D eigenvalue weighted by Crippen LogP contribution is 2.54. The summed E-state index contributed by atoms with van der Waals surface area (Å²) in [6, 6.07) is 15.6. The normalized spacial score (nSPS) is 17.4. The largest absolute Gasteiger partial charge is 0.306 e. The maximum absolute atomic E-state index is 12.3. The SMILES string of the molecule is CCn1c(SCC(=O)N/N=C\c2cnc3ccccc3n2)nnc1[C@@H]1C[C@H]1c1ccc(Cl)cc1. The topological polar surface area (TPSA) is 98.0 Å². The van der Waals surface area contributed by atoms with E-state index >= 15 is 0 Å². The lowest BCUT2D eigenvalue weighted by atomic mass is 10.1. The van der Waals surface area contributed by atoms with Crippen LogP contribution in [0.5, 0.6) is 0 Å². The average molecular weight is 492 g/mol. The molecule has 2 aromatic carbocycles. The lowest BCUT2D eigenvalue weighted by molar-refractivity contribution is -0.118. The smallest absolute Gasteiger partial charge is 0.250 e. The van der Waals surface area contributed by atoms with E-state index in [4.69, 9.17) is 11.6 Å². The number of hydrogen-bond acceptors (Lipinski definition) is 7. The summed E-state index contributed by atoms with van der Waals surface area (Å²) in [5, 5.41) is 14.3. The van der Waals surface area contributed by atoms with Crippen LogP contribution < -0.4 is 5.43 Å². The summed E-state index contributed by atoms with van der Waals surface area (Å²) in [6.45, 7) is 2.81. The molecule has 2 heterocycles. The van der Waals surface area contributed by atoms with Gasteiger partial charge in [0.15, 0.2) is 5.16 Å². The lowest BCUT2D eigenvalue weighted by Gasteiger charge is -2.07. The summed E-state index contributed by atoms with van der Waals surface area (Å²) >= 11 is 7.36. The van der Waals surface area contributed by atoms with Crippen molar-refractivity contribution in [2.75, 3.05) is 5.75 Å². The molecular formula is C24H22ClN7OS. The van der Waals surface area contributed by atoms with E-state index in [1.165, 1.54) is 23.5 Å². The molecule has 2 aromatic heterocycles. The van der Waals surface area contributed by atoms with Crippen molar-refractivity contribution in [2.24, 2.45) is 5.10 Å². The van der Waals surface area contributed by atoms with Crippen LogP contribution in [0.1, 0.15) is 42.3 Å². The van der Waals surface area contributed by atoms with E-state index < -0.39 is 0 Å². The minimum atomic E-state index is -0.229. The number of aromatic nitrogens is 5. The second-order valence-corrected chi connectivity index (χ2v) is 9.33. The molecule has 0 saturated heterocycles. The first kappa shape index (κ1) is 22.5. The predicted molar refractivity (Wildman–Crippen MR) is 133 cm³/mol. The van der Waals surface area contributed by atoms with Gasteiger partial charge in [0.25, 0.3) is 5.91 Å². The Hall–Kier alpha value is -3.30. The molecule has 1 N–H and O–H groups in total. The van der Waals surface area contributed by atoms with Crippen LogP contribution in [0.2, 0.25) is 5.02 Å². The molecular weight excluding hydrogens is 470 g/mol. The van der Waals surface area contributed by atoms with Gasteiger partial charge in [0, 0.05) is 17.5 Å². The number of carbonyl (C=O) groups is 1. The minimum absolute atomic E-state index is 0.185. The minimum Gasteiger partial charge on any atom is -0.306 e. The monoisotopic (exact) mass is 491 g/mol. The Kier molecular flexibility index (Phi) is 6.55. The van der Waals surface area contributed by atoms with Gasteiger partial charge in [0.2, 0.25) is 0 Å². The summed E-state index contributed by atoms with van der Waals surface area (Å²) in [4.78, 5) is 21.1. The van der Waals surface area contributed by atoms with E-state index in [2.05, 4.69) is 54.3 Å². The molecule has 0 radical (unpaired) electrons. The number of hydrazone groups is 1. The van der Waals surface area contributed by atoms with Crippen molar-refractivity contribution in [3.8, 4) is 0 Å². The molecule has 1 aliphatic carbocycles. The van der Waals surface area contributed by atoms with E-state index in [9.17, 15) is 4.79 Å². The zero-order valence-electron chi connectivity index (χ0n) is 18.4.